The zero-order valence-corrected chi connectivity index (χ0v) is 33.2. The molecule has 0 atom stereocenters. The summed E-state index contributed by atoms with van der Waals surface area (Å²) in [6.45, 7) is 6.85. The van der Waals surface area contributed by atoms with E-state index in [1.54, 1.807) is 0 Å². The molecule has 6 aromatic rings. The van der Waals surface area contributed by atoms with Gasteiger partial charge in [0.2, 0.25) is 0 Å². The topological polar surface area (TPSA) is 9.86 Å². The molecular formula is C50H70N2. The molecule has 0 unspecified atom stereocenters. The van der Waals surface area contributed by atoms with Crippen LogP contribution in [0.5, 0.6) is 0 Å². The summed E-state index contributed by atoms with van der Waals surface area (Å²) < 4.78 is 4.99. The maximum absolute atomic E-state index is 2.49. The molecule has 4 aromatic carbocycles. The predicted molar refractivity (Wildman–Crippen MR) is 232 cm³/mol. The standard InChI is InChI=1S/C50H70N2/c1-3-5-7-9-11-13-15-17-19-21-23-25-37-51-39-35-47-45-29-27-42-41(43(45)31-33-49(47)51)28-30-46-44(42)32-34-50-48(46)36-40-52(50)38-26-24-22-20-18-16-14-12-10-8-6-4-2/h27-36,39-40H,3-26,37-38H2,1-2H3. The van der Waals surface area contributed by atoms with Crippen LogP contribution in [0, 0.1) is 0 Å². The summed E-state index contributed by atoms with van der Waals surface area (Å²) in [5.74, 6) is 0. The van der Waals surface area contributed by atoms with Crippen molar-refractivity contribution < 1.29 is 0 Å². The summed E-state index contributed by atoms with van der Waals surface area (Å²) >= 11 is 0. The first-order valence-corrected chi connectivity index (χ1v) is 22.1. The lowest BCUT2D eigenvalue weighted by Crippen LogP contribution is -1.96. The Labute approximate surface area is 316 Å². The molecule has 2 aromatic heterocycles. The average molecular weight is 699 g/mol. The van der Waals surface area contributed by atoms with Crippen LogP contribution in [0.1, 0.15) is 168 Å². The second-order valence-corrected chi connectivity index (χ2v) is 16.2. The fourth-order valence-electron chi connectivity index (χ4n) is 9.04. The Balaban J connectivity index is 1.01. The number of hydrogen-bond acceptors (Lipinski definition) is 0. The molecule has 2 nitrogen and oxygen atoms in total. The van der Waals surface area contributed by atoms with Gasteiger partial charge in [0.25, 0.3) is 0 Å². The van der Waals surface area contributed by atoms with Crippen molar-refractivity contribution in [3.8, 4) is 0 Å². The van der Waals surface area contributed by atoms with E-state index in [1.807, 2.05) is 0 Å². The van der Waals surface area contributed by atoms with Crippen LogP contribution in [-0.2, 0) is 13.1 Å². The van der Waals surface area contributed by atoms with Crippen molar-refractivity contribution in [1.82, 2.24) is 9.13 Å². The van der Waals surface area contributed by atoms with E-state index in [2.05, 4.69) is 96.0 Å². The Bertz CT molecular complexity index is 1800. The molecule has 0 aliphatic rings. The van der Waals surface area contributed by atoms with E-state index >= 15 is 0 Å². The number of hydrogen-bond donors (Lipinski definition) is 0. The van der Waals surface area contributed by atoms with E-state index in [0.717, 1.165) is 13.1 Å². The van der Waals surface area contributed by atoms with Crippen LogP contribution in [0.3, 0.4) is 0 Å². The minimum absolute atomic E-state index is 1.12. The molecule has 0 saturated carbocycles. The van der Waals surface area contributed by atoms with Crippen molar-refractivity contribution in [2.75, 3.05) is 0 Å². The van der Waals surface area contributed by atoms with Crippen molar-refractivity contribution in [1.29, 1.82) is 0 Å². The van der Waals surface area contributed by atoms with Crippen LogP contribution in [-0.4, -0.2) is 9.13 Å². The van der Waals surface area contributed by atoms with Gasteiger partial charge in [-0.05, 0) is 69.4 Å². The molecule has 0 fully saturated rings. The van der Waals surface area contributed by atoms with Gasteiger partial charge in [-0.25, -0.2) is 0 Å². The summed E-state index contributed by atoms with van der Waals surface area (Å²) in [5, 5.41) is 11.0. The Morgan fingerprint density at radius 3 is 0.827 bits per heavy atom. The first-order chi connectivity index (χ1) is 25.8. The highest BCUT2D eigenvalue weighted by Crippen LogP contribution is 2.37. The Morgan fingerprint density at radius 2 is 0.519 bits per heavy atom. The quantitative estimate of drug-likeness (QED) is 0.0394. The molecule has 2 heterocycles. The lowest BCUT2D eigenvalue weighted by atomic mass is 9.94. The third-order valence-corrected chi connectivity index (χ3v) is 12.2. The van der Waals surface area contributed by atoms with E-state index in [9.17, 15) is 0 Å². The van der Waals surface area contributed by atoms with Crippen LogP contribution < -0.4 is 0 Å². The molecule has 2 heteroatoms. The number of aromatic nitrogens is 2. The van der Waals surface area contributed by atoms with E-state index in [0.29, 0.717) is 0 Å². The Morgan fingerprint density at radius 1 is 0.269 bits per heavy atom. The molecule has 0 aliphatic heterocycles. The number of rotatable bonds is 26. The first-order valence-electron chi connectivity index (χ1n) is 22.1. The number of nitrogens with zero attached hydrogens (tertiary/aromatic N) is 2. The maximum Gasteiger partial charge on any atom is 0.0486 e. The highest BCUT2D eigenvalue weighted by Gasteiger charge is 2.12. The monoisotopic (exact) mass is 699 g/mol. The fraction of sp³-hybridized carbons (Fsp3) is 0.560. The number of aryl methyl sites for hydroxylation is 2. The Hall–Kier alpha value is -3.26. The minimum Gasteiger partial charge on any atom is -0.347 e. The normalized spacial score (nSPS) is 12.1. The zero-order chi connectivity index (χ0) is 35.8. The number of fused-ring (bicyclic) bond motifs is 9. The summed E-state index contributed by atoms with van der Waals surface area (Å²) in [6, 6.07) is 23.8. The van der Waals surface area contributed by atoms with Crippen LogP contribution in [0.15, 0.2) is 73.1 Å². The minimum atomic E-state index is 1.12. The van der Waals surface area contributed by atoms with E-state index in [-0.39, 0.29) is 0 Å². The molecule has 280 valence electrons. The highest BCUT2D eigenvalue weighted by molar-refractivity contribution is 6.24. The third-order valence-electron chi connectivity index (χ3n) is 12.2. The number of benzene rings is 4. The molecule has 0 amide bonds. The van der Waals surface area contributed by atoms with Crippen molar-refractivity contribution in [2.45, 2.75) is 181 Å². The summed E-state index contributed by atoms with van der Waals surface area (Å²) in [5.41, 5.74) is 2.76. The van der Waals surface area contributed by atoms with Crippen LogP contribution in [0.4, 0.5) is 0 Å². The molecule has 0 spiro atoms. The predicted octanol–water partition coefficient (Wildman–Crippen LogP) is 16.5. The van der Waals surface area contributed by atoms with E-state index in [4.69, 9.17) is 0 Å². The zero-order valence-electron chi connectivity index (χ0n) is 33.2. The van der Waals surface area contributed by atoms with Crippen LogP contribution in [0.2, 0.25) is 0 Å². The summed E-state index contributed by atoms with van der Waals surface area (Å²) in [7, 11) is 0. The van der Waals surface area contributed by atoms with E-state index in [1.165, 1.54) is 208 Å². The third kappa shape index (κ3) is 10.0. The molecule has 0 aliphatic carbocycles. The number of unbranched alkanes of at least 4 members (excludes halogenated alkanes) is 22. The molecule has 0 N–H and O–H groups in total. The summed E-state index contributed by atoms with van der Waals surface area (Å²) in [6.07, 6.45) is 38.2. The van der Waals surface area contributed by atoms with Gasteiger partial charge in [0.05, 0.1) is 0 Å². The van der Waals surface area contributed by atoms with E-state index < -0.39 is 0 Å². The molecular weight excluding hydrogens is 629 g/mol. The average Bonchev–Trinajstić information content (AvgIpc) is 3.79. The lowest BCUT2D eigenvalue weighted by Gasteiger charge is -2.11. The van der Waals surface area contributed by atoms with Gasteiger partial charge < -0.3 is 9.13 Å². The second-order valence-electron chi connectivity index (χ2n) is 16.2. The smallest absolute Gasteiger partial charge is 0.0486 e. The molecule has 6 rings (SSSR count). The largest absolute Gasteiger partial charge is 0.347 e. The van der Waals surface area contributed by atoms with Crippen LogP contribution in [0.25, 0.3) is 54.1 Å². The maximum atomic E-state index is 2.49. The van der Waals surface area contributed by atoms with Crippen molar-refractivity contribution in [3.05, 3.63) is 73.1 Å². The molecule has 0 saturated heterocycles. The SMILES string of the molecule is CCCCCCCCCCCCCCn1ccc2c3ccc4c(ccc5c4ccc4c5ccn4CCCCCCCCCCCCCC)c3ccc21. The van der Waals surface area contributed by atoms with Gasteiger partial charge in [0.1, 0.15) is 0 Å². The van der Waals surface area contributed by atoms with Gasteiger partial charge in [-0.3, -0.25) is 0 Å². The highest BCUT2D eigenvalue weighted by atomic mass is 15.0. The lowest BCUT2D eigenvalue weighted by molar-refractivity contribution is 0.531. The first kappa shape index (κ1) is 38.5. The van der Waals surface area contributed by atoms with Crippen molar-refractivity contribution >= 4 is 54.1 Å². The van der Waals surface area contributed by atoms with Gasteiger partial charge in [-0.15, -0.1) is 0 Å². The van der Waals surface area contributed by atoms with Crippen molar-refractivity contribution in [3.63, 3.8) is 0 Å². The second kappa shape index (κ2) is 20.8. The summed E-state index contributed by atoms with van der Waals surface area (Å²) in [4.78, 5) is 0. The molecule has 52 heavy (non-hydrogen) atoms. The van der Waals surface area contributed by atoms with Gasteiger partial charge in [0, 0.05) is 47.3 Å². The van der Waals surface area contributed by atoms with Crippen LogP contribution >= 0.6 is 0 Å². The van der Waals surface area contributed by atoms with Gasteiger partial charge in [-0.1, -0.05) is 192 Å². The molecule has 0 radical (unpaired) electrons. The van der Waals surface area contributed by atoms with Gasteiger partial charge in [-0.2, -0.15) is 0 Å². The van der Waals surface area contributed by atoms with Gasteiger partial charge >= 0.3 is 0 Å². The fourth-order valence-corrected chi connectivity index (χ4v) is 9.04. The van der Waals surface area contributed by atoms with Gasteiger partial charge in [0.15, 0.2) is 0 Å². The molecule has 0 bridgehead atoms. The van der Waals surface area contributed by atoms with Crippen molar-refractivity contribution in [2.24, 2.45) is 0 Å². The Kier molecular flexibility index (Phi) is 15.4.